The predicted molar refractivity (Wildman–Crippen MR) is 135 cm³/mol. The average Bonchev–Trinajstić information content (AvgIpc) is 3.27. The van der Waals surface area contributed by atoms with Crippen LogP contribution in [0.4, 0.5) is 11.8 Å². The number of carbonyl (C=O) groups excluding carboxylic acids is 1. The first kappa shape index (κ1) is 22.4. The fourth-order valence-electron chi connectivity index (χ4n) is 3.80. The maximum atomic E-state index is 12.6. The van der Waals surface area contributed by atoms with Gasteiger partial charge in [-0.05, 0) is 36.4 Å². The molecule has 0 saturated carbocycles. The van der Waals surface area contributed by atoms with Crippen LogP contribution in [-0.4, -0.2) is 63.5 Å². The van der Waals surface area contributed by atoms with E-state index in [9.17, 15) is 4.79 Å². The summed E-state index contributed by atoms with van der Waals surface area (Å²) in [6.45, 7) is 2.25. The van der Waals surface area contributed by atoms with E-state index in [1.54, 1.807) is 29.2 Å². The lowest BCUT2D eigenvalue weighted by Gasteiger charge is -2.35. The van der Waals surface area contributed by atoms with E-state index >= 15 is 0 Å². The Balaban J connectivity index is 1.28. The Morgan fingerprint density at radius 2 is 1.74 bits per heavy atom. The second-order valence-corrected chi connectivity index (χ2v) is 9.16. The molecule has 0 unspecified atom stereocenters. The van der Waals surface area contributed by atoms with Crippen molar-refractivity contribution in [1.82, 2.24) is 24.8 Å². The number of amides is 1. The number of hydrogen-bond acceptors (Lipinski definition) is 7. The van der Waals surface area contributed by atoms with E-state index in [2.05, 4.69) is 35.8 Å². The largest absolute Gasteiger partial charge is 0.484 e. The molecule has 1 aliphatic heterocycles. The van der Waals surface area contributed by atoms with Crippen molar-refractivity contribution < 1.29 is 9.53 Å². The van der Waals surface area contributed by atoms with Crippen LogP contribution in [0.15, 0.2) is 53.0 Å². The van der Waals surface area contributed by atoms with Gasteiger partial charge in [0, 0.05) is 41.2 Å². The number of aromatic amines is 1. The van der Waals surface area contributed by atoms with Crippen molar-refractivity contribution in [3.8, 4) is 17.1 Å². The molecule has 1 amide bonds. The number of hydrogen-bond donors (Lipinski definition) is 2. The highest BCUT2D eigenvalue weighted by molar-refractivity contribution is 9.10. The van der Waals surface area contributed by atoms with Crippen molar-refractivity contribution in [2.75, 3.05) is 43.4 Å². The number of benzene rings is 2. The summed E-state index contributed by atoms with van der Waals surface area (Å²) in [5, 5.41) is 0.620. The topological polar surface area (TPSA) is 113 Å². The first-order valence-electron chi connectivity index (χ1n) is 10.7. The van der Waals surface area contributed by atoms with Crippen LogP contribution in [0.25, 0.3) is 22.6 Å². The highest BCUT2D eigenvalue weighted by Crippen LogP contribution is 2.28. The lowest BCUT2D eigenvalue weighted by molar-refractivity contribution is -0.133. The molecule has 174 valence electrons. The zero-order valence-corrected chi connectivity index (χ0v) is 20.4. The van der Waals surface area contributed by atoms with Crippen molar-refractivity contribution in [3.05, 3.63) is 58.0 Å². The molecule has 2 aromatic carbocycles. The molecule has 11 heteroatoms. The van der Waals surface area contributed by atoms with Gasteiger partial charge < -0.3 is 25.3 Å². The van der Waals surface area contributed by atoms with Crippen LogP contribution in [-0.2, 0) is 4.79 Å². The molecule has 1 saturated heterocycles. The minimum absolute atomic E-state index is 0.0255. The molecular weight excluding hydrogens is 522 g/mol. The molecule has 1 aliphatic rings. The van der Waals surface area contributed by atoms with Gasteiger partial charge in [-0.3, -0.25) is 4.79 Å². The Morgan fingerprint density at radius 1 is 1.03 bits per heavy atom. The van der Waals surface area contributed by atoms with Gasteiger partial charge in [0.15, 0.2) is 23.6 Å². The minimum atomic E-state index is -0.0701. The van der Waals surface area contributed by atoms with Crippen LogP contribution in [0.1, 0.15) is 0 Å². The maximum absolute atomic E-state index is 12.6. The molecule has 0 spiro atoms. The standard InChI is InChI=1S/C23H21BrClN7O2/c24-15-3-1-14(2-4-15)20-27-19-21(28-20)29-23(26)30-22(19)32-11-9-31(10-12-32)18(33)13-34-17-7-5-16(25)6-8-17/h1-8H,9-13H2,(H3,26,27,28,29,30). The average molecular weight is 543 g/mol. The van der Waals surface area contributed by atoms with Gasteiger partial charge in [0.05, 0.1) is 0 Å². The number of rotatable bonds is 5. The van der Waals surface area contributed by atoms with Crippen LogP contribution in [0.5, 0.6) is 5.75 Å². The second-order valence-electron chi connectivity index (χ2n) is 7.81. The summed E-state index contributed by atoms with van der Waals surface area (Å²) in [5.41, 5.74) is 8.15. The maximum Gasteiger partial charge on any atom is 0.260 e. The summed E-state index contributed by atoms with van der Waals surface area (Å²) < 4.78 is 6.58. The van der Waals surface area contributed by atoms with Gasteiger partial charge >= 0.3 is 0 Å². The first-order valence-corrected chi connectivity index (χ1v) is 11.8. The zero-order chi connectivity index (χ0) is 23.7. The molecule has 3 heterocycles. The Kier molecular flexibility index (Phi) is 6.25. The molecule has 0 aliphatic carbocycles. The van der Waals surface area contributed by atoms with E-state index < -0.39 is 0 Å². The van der Waals surface area contributed by atoms with Crippen molar-refractivity contribution in [3.63, 3.8) is 0 Å². The summed E-state index contributed by atoms with van der Waals surface area (Å²) >= 11 is 9.33. The van der Waals surface area contributed by atoms with Gasteiger partial charge in [-0.15, -0.1) is 0 Å². The van der Waals surface area contributed by atoms with E-state index in [0.717, 1.165) is 10.0 Å². The fraction of sp³-hybridized carbons (Fsp3) is 0.217. The number of nitrogens with zero attached hydrogens (tertiary/aromatic N) is 5. The number of nitrogen functional groups attached to an aromatic ring is 1. The fourth-order valence-corrected chi connectivity index (χ4v) is 4.19. The number of anilines is 2. The van der Waals surface area contributed by atoms with Gasteiger partial charge in [0.25, 0.3) is 5.91 Å². The molecule has 2 aromatic heterocycles. The van der Waals surface area contributed by atoms with Crippen LogP contribution in [0.2, 0.25) is 5.02 Å². The van der Waals surface area contributed by atoms with E-state index in [1.165, 1.54) is 0 Å². The number of nitrogens with two attached hydrogens (primary N) is 1. The molecule has 0 bridgehead atoms. The normalized spacial score (nSPS) is 13.9. The summed E-state index contributed by atoms with van der Waals surface area (Å²) in [6, 6.07) is 14.8. The lowest BCUT2D eigenvalue weighted by atomic mass is 10.2. The van der Waals surface area contributed by atoms with Gasteiger partial charge in [-0.1, -0.05) is 39.7 Å². The number of fused-ring (bicyclic) bond motifs is 1. The predicted octanol–water partition coefficient (Wildman–Crippen LogP) is 3.75. The van der Waals surface area contributed by atoms with Crippen molar-refractivity contribution in [2.24, 2.45) is 0 Å². The molecule has 5 rings (SSSR count). The Hall–Kier alpha value is -3.37. The SMILES string of the molecule is Nc1nc(N2CCN(C(=O)COc3ccc(Cl)cc3)CC2)c2nc(-c3ccc(Br)cc3)[nH]c2n1. The quantitative estimate of drug-likeness (QED) is 0.395. The third-order valence-electron chi connectivity index (χ3n) is 5.57. The van der Waals surface area contributed by atoms with Gasteiger partial charge in [-0.2, -0.15) is 9.97 Å². The lowest BCUT2D eigenvalue weighted by Crippen LogP contribution is -2.50. The van der Waals surface area contributed by atoms with E-state index in [-0.39, 0.29) is 18.5 Å². The minimum Gasteiger partial charge on any atom is -0.484 e. The summed E-state index contributed by atoms with van der Waals surface area (Å²) in [7, 11) is 0. The number of carbonyl (C=O) groups is 1. The van der Waals surface area contributed by atoms with E-state index in [4.69, 9.17) is 27.1 Å². The van der Waals surface area contributed by atoms with Crippen LogP contribution in [0, 0.1) is 0 Å². The molecular formula is C23H21BrClN7O2. The Morgan fingerprint density at radius 3 is 2.44 bits per heavy atom. The summed E-state index contributed by atoms with van der Waals surface area (Å²) in [4.78, 5) is 33.3. The molecule has 0 radical (unpaired) electrons. The second kappa shape index (κ2) is 9.47. The van der Waals surface area contributed by atoms with Crippen molar-refractivity contribution >= 4 is 56.4 Å². The third kappa shape index (κ3) is 4.78. The third-order valence-corrected chi connectivity index (χ3v) is 6.35. The van der Waals surface area contributed by atoms with Crippen LogP contribution >= 0.6 is 27.5 Å². The van der Waals surface area contributed by atoms with Gasteiger partial charge in [-0.25, -0.2) is 4.98 Å². The summed E-state index contributed by atoms with van der Waals surface area (Å²) in [5.74, 6) is 2.06. The molecule has 4 aromatic rings. The Bertz CT molecular complexity index is 1320. The van der Waals surface area contributed by atoms with Gasteiger partial charge in [0.1, 0.15) is 11.6 Å². The van der Waals surface area contributed by atoms with Crippen molar-refractivity contribution in [1.29, 1.82) is 0 Å². The summed E-state index contributed by atoms with van der Waals surface area (Å²) in [6.07, 6.45) is 0. The smallest absolute Gasteiger partial charge is 0.260 e. The van der Waals surface area contributed by atoms with Crippen LogP contribution < -0.4 is 15.4 Å². The number of halogens is 2. The molecule has 9 nitrogen and oxygen atoms in total. The van der Waals surface area contributed by atoms with E-state index in [1.807, 2.05) is 24.3 Å². The van der Waals surface area contributed by atoms with Gasteiger partial charge in [0.2, 0.25) is 5.95 Å². The van der Waals surface area contributed by atoms with Crippen molar-refractivity contribution in [2.45, 2.75) is 0 Å². The number of nitrogens with one attached hydrogen (secondary N) is 1. The number of imidazole rings is 1. The molecule has 1 fully saturated rings. The first-order chi connectivity index (χ1) is 16.5. The monoisotopic (exact) mass is 541 g/mol. The van der Waals surface area contributed by atoms with Crippen LogP contribution in [0.3, 0.4) is 0 Å². The number of ether oxygens (including phenoxy) is 1. The molecule has 0 atom stereocenters. The Labute approximate surface area is 209 Å². The zero-order valence-electron chi connectivity index (χ0n) is 18.0. The van der Waals surface area contributed by atoms with E-state index in [0.29, 0.717) is 59.8 Å². The highest BCUT2D eigenvalue weighted by atomic mass is 79.9. The molecule has 3 N–H and O–H groups in total. The molecule has 34 heavy (non-hydrogen) atoms. The number of piperazine rings is 1. The highest BCUT2D eigenvalue weighted by Gasteiger charge is 2.25. The number of aromatic nitrogens is 4. The number of H-pyrrole nitrogens is 1.